The second-order valence-electron chi connectivity index (χ2n) is 10.1. The van der Waals surface area contributed by atoms with Crippen molar-refractivity contribution in [2.75, 3.05) is 44.8 Å². The summed E-state index contributed by atoms with van der Waals surface area (Å²) in [5.74, 6) is -0.0872. The Hall–Kier alpha value is -4.71. The van der Waals surface area contributed by atoms with Crippen molar-refractivity contribution in [3.8, 4) is 16.8 Å². The van der Waals surface area contributed by atoms with Crippen LogP contribution in [0.3, 0.4) is 0 Å². The molecule has 0 saturated carbocycles. The molecule has 1 aliphatic rings. The van der Waals surface area contributed by atoms with Crippen molar-refractivity contribution >= 4 is 33.4 Å². The number of H-pyrrole nitrogens is 1. The average Bonchev–Trinajstić information content (AvgIpc) is 3.54. The van der Waals surface area contributed by atoms with E-state index in [0.717, 1.165) is 17.2 Å². The first kappa shape index (κ1) is 27.5. The number of aromatic nitrogens is 4. The first-order chi connectivity index (χ1) is 20.2. The number of alkyl halides is 3. The van der Waals surface area contributed by atoms with Gasteiger partial charge in [-0.3, -0.25) is 24.2 Å². The largest absolute Gasteiger partial charge is 0.418 e. The van der Waals surface area contributed by atoms with Gasteiger partial charge in [-0.15, -0.1) is 0 Å². The fourth-order valence-corrected chi connectivity index (χ4v) is 5.47. The molecular weight excluding hydrogens is 549 g/mol. The minimum atomic E-state index is -4.68. The zero-order chi connectivity index (χ0) is 29.4. The van der Waals surface area contributed by atoms with E-state index in [4.69, 9.17) is 4.74 Å². The first-order valence-corrected chi connectivity index (χ1v) is 13.4. The number of amides is 1. The van der Waals surface area contributed by atoms with Crippen LogP contribution in [0, 0.1) is 0 Å². The smallest absolute Gasteiger partial charge is 0.384 e. The van der Waals surface area contributed by atoms with Crippen LogP contribution in [-0.2, 0) is 15.7 Å². The fraction of sp³-hybridized carbons (Fsp3) is 0.267. The lowest BCUT2D eigenvalue weighted by atomic mass is 10.0. The maximum atomic E-state index is 14.5. The Kier molecular flexibility index (Phi) is 7.15. The second-order valence-corrected chi connectivity index (χ2v) is 10.1. The summed E-state index contributed by atoms with van der Waals surface area (Å²) >= 11 is 0. The van der Waals surface area contributed by atoms with Crippen molar-refractivity contribution in [1.82, 2.24) is 24.6 Å². The minimum absolute atomic E-state index is 0.0114. The molecule has 0 unspecified atom stereocenters. The van der Waals surface area contributed by atoms with E-state index >= 15 is 0 Å². The van der Waals surface area contributed by atoms with Gasteiger partial charge in [0.15, 0.2) is 0 Å². The molecule has 4 heterocycles. The molecule has 0 aliphatic carbocycles. The molecule has 5 aromatic rings. The molecule has 0 spiro atoms. The number of carbonyl (C=O) groups excluding carboxylic acids is 1. The van der Waals surface area contributed by atoms with Crippen molar-refractivity contribution in [2.45, 2.75) is 12.6 Å². The second kappa shape index (κ2) is 10.9. The van der Waals surface area contributed by atoms with Crippen molar-refractivity contribution < 1.29 is 22.7 Å². The Labute approximate surface area is 238 Å². The number of methoxy groups -OCH3 is 1. The van der Waals surface area contributed by atoms with Crippen LogP contribution in [0.25, 0.3) is 38.6 Å². The molecule has 42 heavy (non-hydrogen) atoms. The Morgan fingerprint density at radius 3 is 2.52 bits per heavy atom. The number of rotatable bonds is 6. The van der Waals surface area contributed by atoms with Crippen LogP contribution in [0.5, 0.6) is 0 Å². The summed E-state index contributed by atoms with van der Waals surface area (Å²) in [5, 5.41) is 8.00. The third-order valence-corrected chi connectivity index (χ3v) is 7.59. The Morgan fingerprint density at radius 1 is 1.00 bits per heavy atom. The fourth-order valence-electron chi connectivity index (χ4n) is 5.47. The van der Waals surface area contributed by atoms with Gasteiger partial charge in [0.25, 0.3) is 5.56 Å². The Balaban J connectivity index is 1.44. The summed E-state index contributed by atoms with van der Waals surface area (Å²) in [5.41, 5.74) is 1.49. The number of nitrogens with one attached hydrogen (secondary N) is 1. The topological polar surface area (TPSA) is 96.3 Å². The van der Waals surface area contributed by atoms with Crippen LogP contribution in [0.15, 0.2) is 71.9 Å². The lowest BCUT2D eigenvalue weighted by Crippen LogP contribution is -2.49. The molecule has 0 atom stereocenters. The van der Waals surface area contributed by atoms with Gasteiger partial charge in [-0.05, 0) is 42.0 Å². The van der Waals surface area contributed by atoms with Gasteiger partial charge in [-0.1, -0.05) is 6.07 Å². The van der Waals surface area contributed by atoms with Gasteiger partial charge in [0.05, 0.1) is 41.5 Å². The number of hydrogen-bond acceptors (Lipinski definition) is 6. The molecule has 3 aromatic heterocycles. The van der Waals surface area contributed by atoms with Gasteiger partial charge in [0.2, 0.25) is 5.91 Å². The molecule has 216 valence electrons. The zero-order valence-corrected chi connectivity index (χ0v) is 22.7. The van der Waals surface area contributed by atoms with Gasteiger partial charge in [0, 0.05) is 73.8 Å². The van der Waals surface area contributed by atoms with E-state index in [2.05, 4.69) is 15.2 Å². The highest BCUT2D eigenvalue weighted by molar-refractivity contribution is 6.05. The molecular formula is C30H27F3N6O3. The van der Waals surface area contributed by atoms with Gasteiger partial charge >= 0.3 is 6.18 Å². The van der Waals surface area contributed by atoms with Gasteiger partial charge in [-0.2, -0.15) is 18.3 Å². The molecule has 0 radical (unpaired) electrons. The summed E-state index contributed by atoms with van der Waals surface area (Å²) in [6.45, 7) is 1.41. The third kappa shape index (κ3) is 5.09. The molecule has 1 amide bonds. The number of benzene rings is 2. The average molecular weight is 577 g/mol. The van der Waals surface area contributed by atoms with Crippen molar-refractivity contribution in [3.05, 3.63) is 83.0 Å². The van der Waals surface area contributed by atoms with E-state index in [1.807, 2.05) is 18.2 Å². The first-order valence-electron chi connectivity index (χ1n) is 13.4. The lowest BCUT2D eigenvalue weighted by molar-refractivity contribution is -0.137. The molecule has 12 heteroatoms. The van der Waals surface area contributed by atoms with Crippen LogP contribution in [0.1, 0.15) is 12.0 Å². The van der Waals surface area contributed by atoms with Gasteiger partial charge in [0.1, 0.15) is 0 Å². The predicted molar refractivity (Wildman–Crippen MR) is 153 cm³/mol. The molecule has 1 saturated heterocycles. The van der Waals surface area contributed by atoms with E-state index in [9.17, 15) is 22.8 Å². The monoisotopic (exact) mass is 576 g/mol. The Bertz CT molecular complexity index is 1830. The third-order valence-electron chi connectivity index (χ3n) is 7.59. The number of piperazine rings is 1. The summed E-state index contributed by atoms with van der Waals surface area (Å²) < 4.78 is 49.8. The number of carbonyl (C=O) groups is 1. The van der Waals surface area contributed by atoms with Crippen LogP contribution < -0.4 is 10.5 Å². The highest BCUT2D eigenvalue weighted by atomic mass is 19.4. The van der Waals surface area contributed by atoms with Crippen molar-refractivity contribution in [3.63, 3.8) is 0 Å². The summed E-state index contributed by atoms with van der Waals surface area (Å²) in [4.78, 5) is 33.4. The maximum Gasteiger partial charge on any atom is 0.418 e. The number of pyridine rings is 2. The number of anilines is 1. The van der Waals surface area contributed by atoms with Crippen LogP contribution in [0.4, 0.5) is 18.9 Å². The van der Waals surface area contributed by atoms with E-state index < -0.39 is 17.3 Å². The SMILES string of the molecule is COCCC(=O)N1CCN(c2ccc(-n3c(=O)ccc4cnc5ccc(-c6cn[nH]c6)cc5c43)cc2C(F)(F)F)CC1. The van der Waals surface area contributed by atoms with Crippen LogP contribution >= 0.6 is 0 Å². The normalized spacial score (nSPS) is 14.2. The quantitative estimate of drug-likeness (QED) is 0.296. The predicted octanol–water partition coefficient (Wildman–Crippen LogP) is 4.63. The van der Waals surface area contributed by atoms with E-state index in [1.165, 1.54) is 29.9 Å². The highest BCUT2D eigenvalue weighted by Crippen LogP contribution is 2.39. The van der Waals surface area contributed by atoms with Gasteiger partial charge < -0.3 is 14.5 Å². The standard InChI is InChI=1S/C30H27F3N6O3/c1-42-13-8-27(40)38-11-9-37(10-12-38)26-6-4-22(15-24(26)30(31,32)33)39-28(41)7-3-20-16-34-25-5-2-19(14-23(25)29(20)39)21-17-35-36-18-21/h2-7,14-18H,8-13H2,1H3,(H,35,36). The summed E-state index contributed by atoms with van der Waals surface area (Å²) in [6, 6.07) is 12.5. The molecule has 1 fully saturated rings. The van der Waals surface area contributed by atoms with Gasteiger partial charge in [-0.25, -0.2) is 0 Å². The molecule has 1 aliphatic heterocycles. The lowest BCUT2D eigenvalue weighted by Gasteiger charge is -2.37. The van der Waals surface area contributed by atoms with E-state index in [-0.39, 0.29) is 36.8 Å². The van der Waals surface area contributed by atoms with E-state index in [1.54, 1.807) is 34.5 Å². The number of fused-ring (bicyclic) bond motifs is 3. The summed E-state index contributed by atoms with van der Waals surface area (Å²) in [6.07, 6.45) is 0.556. The number of aromatic amines is 1. The Morgan fingerprint density at radius 2 is 1.81 bits per heavy atom. The van der Waals surface area contributed by atoms with Crippen LogP contribution in [0.2, 0.25) is 0 Å². The maximum absolute atomic E-state index is 14.5. The van der Waals surface area contributed by atoms with Crippen LogP contribution in [-0.4, -0.2) is 70.5 Å². The summed E-state index contributed by atoms with van der Waals surface area (Å²) in [7, 11) is 1.51. The van der Waals surface area contributed by atoms with E-state index in [0.29, 0.717) is 41.5 Å². The number of halogens is 3. The number of nitrogens with zero attached hydrogens (tertiary/aromatic N) is 5. The molecule has 1 N–H and O–H groups in total. The molecule has 0 bridgehead atoms. The number of hydrogen-bond donors (Lipinski definition) is 1. The molecule has 2 aromatic carbocycles. The minimum Gasteiger partial charge on any atom is -0.384 e. The van der Waals surface area contributed by atoms with Crippen molar-refractivity contribution in [1.29, 1.82) is 0 Å². The number of ether oxygens (including phenoxy) is 1. The molecule has 6 rings (SSSR count). The zero-order valence-electron chi connectivity index (χ0n) is 22.7. The van der Waals surface area contributed by atoms with Crippen molar-refractivity contribution in [2.24, 2.45) is 0 Å². The molecule has 9 nitrogen and oxygen atoms in total. The highest BCUT2D eigenvalue weighted by Gasteiger charge is 2.36.